The van der Waals surface area contributed by atoms with E-state index in [1.54, 1.807) is 18.3 Å². The van der Waals surface area contributed by atoms with Crippen molar-refractivity contribution in [1.29, 1.82) is 0 Å². The quantitative estimate of drug-likeness (QED) is 0.465. The maximum Gasteiger partial charge on any atom is 0.573 e. The Morgan fingerprint density at radius 2 is 1.84 bits per heavy atom. The van der Waals surface area contributed by atoms with E-state index in [1.807, 2.05) is 18.2 Å². The van der Waals surface area contributed by atoms with Crippen LogP contribution >= 0.6 is 0 Å². The van der Waals surface area contributed by atoms with E-state index in [0.29, 0.717) is 11.4 Å². The van der Waals surface area contributed by atoms with Crippen molar-refractivity contribution in [3.63, 3.8) is 0 Å². The van der Waals surface area contributed by atoms with Crippen molar-refractivity contribution in [2.24, 2.45) is 0 Å². The van der Waals surface area contributed by atoms with Gasteiger partial charge in [-0.3, -0.25) is 0 Å². The number of halogens is 3. The number of ether oxygens (including phenoxy) is 2. The zero-order valence-electron chi connectivity index (χ0n) is 16.7. The lowest BCUT2D eigenvalue weighted by atomic mass is 10.0. The number of anilines is 3. The van der Waals surface area contributed by atoms with Crippen LogP contribution in [0.1, 0.15) is 12.0 Å². The second kappa shape index (κ2) is 9.04. The third-order valence-electron chi connectivity index (χ3n) is 4.61. The lowest BCUT2D eigenvalue weighted by molar-refractivity contribution is -0.274. The van der Waals surface area contributed by atoms with Crippen molar-refractivity contribution in [1.82, 2.24) is 4.98 Å². The van der Waals surface area contributed by atoms with E-state index in [0.717, 1.165) is 42.8 Å². The Balaban J connectivity index is 1.44. The second-order valence-corrected chi connectivity index (χ2v) is 6.93. The smallest absolute Gasteiger partial charge is 0.435 e. The van der Waals surface area contributed by atoms with E-state index >= 15 is 0 Å². The zero-order chi connectivity index (χ0) is 22.6. The molecule has 0 bridgehead atoms. The number of carbonyl (C=O) groups excluding carboxylic acids is 1. The van der Waals surface area contributed by atoms with Gasteiger partial charge in [0, 0.05) is 18.4 Å². The number of urea groups is 1. The Hall–Kier alpha value is -3.95. The first-order chi connectivity index (χ1) is 15.4. The van der Waals surface area contributed by atoms with Gasteiger partial charge in [-0.2, -0.15) is 0 Å². The number of carbonyl (C=O) groups is 1. The Bertz CT molecular complexity index is 1100. The summed E-state index contributed by atoms with van der Waals surface area (Å²) in [5.41, 5.74) is 2.66. The molecule has 1 aliphatic rings. The molecule has 166 valence electrons. The molecule has 1 aliphatic heterocycles. The average molecular weight is 444 g/mol. The summed E-state index contributed by atoms with van der Waals surface area (Å²) in [6.07, 6.45) is -1.25. The Morgan fingerprint density at radius 1 is 1.03 bits per heavy atom. The van der Waals surface area contributed by atoms with Gasteiger partial charge >= 0.3 is 12.4 Å². The van der Waals surface area contributed by atoms with E-state index in [4.69, 9.17) is 4.74 Å². The van der Waals surface area contributed by atoms with E-state index in [1.165, 1.54) is 12.1 Å². The van der Waals surface area contributed by atoms with Crippen LogP contribution in [-0.2, 0) is 6.42 Å². The number of alkyl halides is 3. The SMILES string of the molecule is O=C(Nc1ccc(OC(F)(F)F)cc1)Nc1cccnc1Oc1cccc2c1NCCC2. The van der Waals surface area contributed by atoms with Crippen LogP contribution < -0.4 is 25.4 Å². The first kappa shape index (κ1) is 21.3. The van der Waals surface area contributed by atoms with E-state index in [2.05, 4.69) is 25.7 Å². The molecule has 2 aromatic carbocycles. The molecule has 7 nitrogen and oxygen atoms in total. The number of nitrogens with one attached hydrogen (secondary N) is 3. The molecule has 3 aromatic rings. The highest BCUT2D eigenvalue weighted by atomic mass is 19.4. The fourth-order valence-corrected chi connectivity index (χ4v) is 3.26. The summed E-state index contributed by atoms with van der Waals surface area (Å²) in [5.74, 6) is 0.424. The number of hydrogen-bond donors (Lipinski definition) is 3. The van der Waals surface area contributed by atoms with Gasteiger partial charge in [-0.05, 0) is 60.9 Å². The minimum absolute atomic E-state index is 0.206. The number of fused-ring (bicyclic) bond motifs is 1. The molecule has 32 heavy (non-hydrogen) atoms. The number of aromatic nitrogens is 1. The number of para-hydroxylation sites is 1. The Labute approximate surface area is 181 Å². The molecule has 0 saturated carbocycles. The summed E-state index contributed by atoms with van der Waals surface area (Å²) in [5, 5.41) is 8.51. The van der Waals surface area contributed by atoms with Gasteiger partial charge in [0.05, 0.1) is 5.69 Å². The fourth-order valence-electron chi connectivity index (χ4n) is 3.26. The van der Waals surface area contributed by atoms with Gasteiger partial charge < -0.3 is 25.4 Å². The Morgan fingerprint density at radius 3 is 2.62 bits per heavy atom. The normalized spacial score (nSPS) is 12.8. The molecule has 0 unspecified atom stereocenters. The predicted octanol–water partition coefficient (Wildman–Crippen LogP) is 5.77. The van der Waals surface area contributed by atoms with E-state index in [-0.39, 0.29) is 17.3 Å². The molecule has 1 aromatic heterocycles. The number of pyridine rings is 1. The van der Waals surface area contributed by atoms with Crippen LogP contribution in [0.15, 0.2) is 60.8 Å². The van der Waals surface area contributed by atoms with Gasteiger partial charge in [-0.1, -0.05) is 12.1 Å². The highest BCUT2D eigenvalue weighted by molar-refractivity contribution is 6.00. The summed E-state index contributed by atoms with van der Waals surface area (Å²) in [6, 6.07) is 13.2. The fraction of sp³-hybridized carbons (Fsp3) is 0.182. The monoisotopic (exact) mass is 444 g/mol. The van der Waals surface area contributed by atoms with Gasteiger partial charge in [0.2, 0.25) is 5.88 Å². The van der Waals surface area contributed by atoms with Crippen molar-refractivity contribution in [3.8, 4) is 17.4 Å². The van der Waals surface area contributed by atoms with Crippen LogP contribution in [0.25, 0.3) is 0 Å². The molecule has 4 rings (SSSR count). The van der Waals surface area contributed by atoms with Crippen LogP contribution in [0.2, 0.25) is 0 Å². The van der Waals surface area contributed by atoms with Crippen molar-refractivity contribution in [2.75, 3.05) is 22.5 Å². The molecule has 10 heteroatoms. The van der Waals surface area contributed by atoms with E-state index in [9.17, 15) is 18.0 Å². The lowest BCUT2D eigenvalue weighted by Crippen LogP contribution is -2.20. The third kappa shape index (κ3) is 5.39. The molecular formula is C22H19F3N4O3. The molecule has 0 aliphatic carbocycles. The summed E-state index contributed by atoms with van der Waals surface area (Å²) >= 11 is 0. The van der Waals surface area contributed by atoms with Crippen LogP contribution in [0.5, 0.6) is 17.4 Å². The standard InChI is InChI=1S/C22H19F3N4O3/c23-22(24,25)32-16-10-8-15(9-11-16)28-21(30)29-17-6-3-13-27-20(17)31-18-7-1-4-14-5-2-12-26-19(14)18/h1,3-4,6-11,13,26H,2,5,12H2,(H2,28,29,30). The molecule has 0 spiro atoms. The predicted molar refractivity (Wildman–Crippen MR) is 113 cm³/mol. The van der Waals surface area contributed by atoms with E-state index < -0.39 is 12.4 Å². The highest BCUT2D eigenvalue weighted by Crippen LogP contribution is 2.36. The minimum Gasteiger partial charge on any atom is -0.435 e. The van der Waals surface area contributed by atoms with Crippen molar-refractivity contribution in [2.45, 2.75) is 19.2 Å². The highest BCUT2D eigenvalue weighted by Gasteiger charge is 2.31. The number of nitrogens with zero attached hydrogens (tertiary/aromatic N) is 1. The van der Waals surface area contributed by atoms with Crippen molar-refractivity contribution in [3.05, 3.63) is 66.4 Å². The second-order valence-electron chi connectivity index (χ2n) is 6.93. The number of hydrogen-bond acceptors (Lipinski definition) is 5. The summed E-state index contributed by atoms with van der Waals surface area (Å²) < 4.78 is 46.6. The Kier molecular flexibility index (Phi) is 6.02. The maximum atomic E-state index is 12.4. The molecule has 0 saturated heterocycles. The number of amides is 2. The zero-order valence-corrected chi connectivity index (χ0v) is 16.7. The van der Waals surface area contributed by atoms with Crippen molar-refractivity contribution < 1.29 is 27.4 Å². The first-order valence-corrected chi connectivity index (χ1v) is 9.80. The number of rotatable bonds is 5. The molecular weight excluding hydrogens is 425 g/mol. The van der Waals surface area contributed by atoms with Crippen LogP contribution in [0.3, 0.4) is 0 Å². The van der Waals surface area contributed by atoms with Crippen LogP contribution in [0, 0.1) is 0 Å². The summed E-state index contributed by atoms with van der Waals surface area (Å²) in [4.78, 5) is 16.6. The molecule has 0 fully saturated rings. The molecule has 2 amide bonds. The third-order valence-corrected chi connectivity index (χ3v) is 4.61. The minimum atomic E-state index is -4.78. The first-order valence-electron chi connectivity index (χ1n) is 9.80. The summed E-state index contributed by atoms with van der Waals surface area (Å²) in [6.45, 7) is 0.843. The van der Waals surface area contributed by atoms with Gasteiger partial charge in [-0.15, -0.1) is 13.2 Å². The van der Waals surface area contributed by atoms with Gasteiger partial charge in [0.15, 0.2) is 5.75 Å². The molecule has 0 atom stereocenters. The molecule has 2 heterocycles. The topological polar surface area (TPSA) is 84.5 Å². The number of benzene rings is 2. The van der Waals surface area contributed by atoms with Gasteiger partial charge in [0.1, 0.15) is 11.4 Å². The lowest BCUT2D eigenvalue weighted by Gasteiger charge is -2.21. The number of aryl methyl sites for hydroxylation is 1. The van der Waals surface area contributed by atoms with Gasteiger partial charge in [-0.25, -0.2) is 9.78 Å². The maximum absolute atomic E-state index is 12.4. The molecule has 0 radical (unpaired) electrons. The van der Waals surface area contributed by atoms with Gasteiger partial charge in [0.25, 0.3) is 0 Å². The largest absolute Gasteiger partial charge is 0.573 e. The summed E-state index contributed by atoms with van der Waals surface area (Å²) in [7, 11) is 0. The van der Waals surface area contributed by atoms with Crippen molar-refractivity contribution >= 4 is 23.1 Å². The molecule has 3 N–H and O–H groups in total. The average Bonchev–Trinajstić information content (AvgIpc) is 2.76. The van der Waals surface area contributed by atoms with Crippen LogP contribution in [0.4, 0.5) is 35.0 Å². The van der Waals surface area contributed by atoms with Crippen LogP contribution in [-0.4, -0.2) is 23.9 Å².